The van der Waals surface area contributed by atoms with Crippen molar-refractivity contribution in [1.29, 1.82) is 0 Å². The SMILES string of the molecule is Cc1ccc(CC(=O)NCc2cn(C(CC(=O)NO)Cc3ccc4ccccc4c3)nn2)cc1. The Kier molecular flexibility index (Phi) is 7.29. The van der Waals surface area contributed by atoms with Crippen molar-refractivity contribution in [3.8, 4) is 0 Å². The van der Waals surface area contributed by atoms with Gasteiger partial charge < -0.3 is 5.32 Å². The number of aryl methyl sites for hydroxylation is 1. The molecule has 4 aromatic rings. The number of hydrogen-bond acceptors (Lipinski definition) is 5. The van der Waals surface area contributed by atoms with Crippen LogP contribution in [0.15, 0.2) is 72.9 Å². The van der Waals surface area contributed by atoms with Gasteiger partial charge in [-0.05, 0) is 35.2 Å². The normalized spacial score (nSPS) is 11.8. The smallest absolute Gasteiger partial charge is 0.245 e. The van der Waals surface area contributed by atoms with E-state index in [1.807, 2.05) is 67.6 Å². The molecule has 34 heavy (non-hydrogen) atoms. The molecule has 174 valence electrons. The maximum atomic E-state index is 12.3. The first-order chi connectivity index (χ1) is 16.5. The molecule has 8 heteroatoms. The number of carbonyl (C=O) groups is 2. The van der Waals surface area contributed by atoms with Crippen molar-refractivity contribution in [3.63, 3.8) is 0 Å². The summed E-state index contributed by atoms with van der Waals surface area (Å²) in [6.07, 6.45) is 2.57. The van der Waals surface area contributed by atoms with E-state index in [4.69, 9.17) is 5.21 Å². The van der Waals surface area contributed by atoms with Crippen LogP contribution in [0.5, 0.6) is 0 Å². The van der Waals surface area contributed by atoms with Gasteiger partial charge in [0.2, 0.25) is 11.8 Å². The number of hydroxylamine groups is 1. The number of rotatable bonds is 9. The Bertz CT molecular complexity index is 1280. The standard InChI is InChI=1S/C26H27N5O3/c1-18-6-8-19(9-7-18)14-25(32)27-16-23-17-31(30-28-23)24(15-26(33)29-34)13-20-10-11-21-4-2-3-5-22(21)12-20/h2-12,17,24,34H,13-16H2,1H3,(H,27,32)(H,29,33). The molecule has 0 saturated heterocycles. The average Bonchev–Trinajstić information content (AvgIpc) is 3.33. The maximum Gasteiger partial charge on any atom is 0.245 e. The number of carbonyl (C=O) groups excluding carboxylic acids is 2. The lowest BCUT2D eigenvalue weighted by molar-refractivity contribution is -0.130. The average molecular weight is 458 g/mol. The first-order valence-corrected chi connectivity index (χ1v) is 11.1. The quantitative estimate of drug-likeness (QED) is 0.264. The zero-order chi connectivity index (χ0) is 23.9. The van der Waals surface area contributed by atoms with Gasteiger partial charge in [-0.3, -0.25) is 14.8 Å². The predicted octanol–water partition coefficient (Wildman–Crippen LogP) is 3.28. The fraction of sp³-hybridized carbons (Fsp3) is 0.231. The van der Waals surface area contributed by atoms with E-state index in [2.05, 4.69) is 21.7 Å². The Morgan fingerprint density at radius 2 is 1.71 bits per heavy atom. The van der Waals surface area contributed by atoms with Gasteiger partial charge in [-0.25, -0.2) is 10.2 Å². The zero-order valence-electron chi connectivity index (χ0n) is 18.9. The summed E-state index contributed by atoms with van der Waals surface area (Å²) in [7, 11) is 0. The molecule has 0 bridgehead atoms. The number of aromatic nitrogens is 3. The minimum atomic E-state index is -0.505. The molecule has 1 heterocycles. The van der Waals surface area contributed by atoms with E-state index < -0.39 is 5.91 Å². The van der Waals surface area contributed by atoms with Crippen LogP contribution in [-0.2, 0) is 29.0 Å². The van der Waals surface area contributed by atoms with E-state index in [0.717, 1.165) is 27.5 Å². The second-order valence-electron chi connectivity index (χ2n) is 8.41. The summed E-state index contributed by atoms with van der Waals surface area (Å²) in [4.78, 5) is 24.2. The molecule has 0 aliphatic heterocycles. The summed E-state index contributed by atoms with van der Waals surface area (Å²) in [5.74, 6) is -0.611. The summed E-state index contributed by atoms with van der Waals surface area (Å²) < 4.78 is 1.62. The minimum absolute atomic E-state index is 0.0336. The Balaban J connectivity index is 1.42. The van der Waals surface area contributed by atoms with Crippen LogP contribution in [0.1, 0.15) is 34.8 Å². The van der Waals surface area contributed by atoms with Crippen molar-refractivity contribution < 1.29 is 14.8 Å². The highest BCUT2D eigenvalue weighted by molar-refractivity contribution is 5.83. The zero-order valence-corrected chi connectivity index (χ0v) is 18.9. The van der Waals surface area contributed by atoms with Crippen molar-refractivity contribution in [2.75, 3.05) is 0 Å². The number of fused-ring (bicyclic) bond motifs is 1. The molecule has 0 fully saturated rings. The van der Waals surface area contributed by atoms with Crippen LogP contribution in [0.25, 0.3) is 10.8 Å². The van der Waals surface area contributed by atoms with Crippen LogP contribution in [0, 0.1) is 6.92 Å². The molecule has 0 saturated carbocycles. The number of nitrogens with zero attached hydrogens (tertiary/aromatic N) is 3. The number of hydrogen-bond donors (Lipinski definition) is 3. The van der Waals surface area contributed by atoms with E-state index in [1.54, 1.807) is 16.4 Å². The van der Waals surface area contributed by atoms with Crippen LogP contribution in [0.3, 0.4) is 0 Å². The lowest BCUT2D eigenvalue weighted by atomic mass is 10.00. The Hall–Kier alpha value is -4.04. The van der Waals surface area contributed by atoms with Gasteiger partial charge in [0, 0.05) is 0 Å². The highest BCUT2D eigenvalue weighted by Gasteiger charge is 2.19. The van der Waals surface area contributed by atoms with Crippen LogP contribution in [-0.4, -0.2) is 32.0 Å². The molecular formula is C26H27N5O3. The van der Waals surface area contributed by atoms with Gasteiger partial charge in [0.1, 0.15) is 5.69 Å². The molecule has 0 spiro atoms. The molecule has 1 unspecified atom stereocenters. The Labute approximate surface area is 197 Å². The molecule has 1 atom stereocenters. The lowest BCUT2D eigenvalue weighted by Crippen LogP contribution is -2.25. The molecular weight excluding hydrogens is 430 g/mol. The van der Waals surface area contributed by atoms with Crippen LogP contribution in [0.4, 0.5) is 0 Å². The second-order valence-corrected chi connectivity index (χ2v) is 8.41. The molecule has 3 aromatic carbocycles. The lowest BCUT2D eigenvalue weighted by Gasteiger charge is -2.16. The third-order valence-corrected chi connectivity index (χ3v) is 5.71. The number of amides is 2. The molecule has 3 N–H and O–H groups in total. The number of benzene rings is 3. The van der Waals surface area contributed by atoms with Crippen molar-refractivity contribution in [1.82, 2.24) is 25.8 Å². The first-order valence-electron chi connectivity index (χ1n) is 11.1. The molecule has 4 rings (SSSR count). The summed E-state index contributed by atoms with van der Waals surface area (Å²) in [5, 5.41) is 22.5. The summed E-state index contributed by atoms with van der Waals surface area (Å²) in [6.45, 7) is 2.24. The molecule has 1 aromatic heterocycles. The molecule has 0 radical (unpaired) electrons. The van der Waals surface area contributed by atoms with Gasteiger partial charge in [0.15, 0.2) is 0 Å². The minimum Gasteiger partial charge on any atom is -0.350 e. The maximum absolute atomic E-state index is 12.3. The third kappa shape index (κ3) is 6.05. The van der Waals surface area contributed by atoms with Crippen LogP contribution in [0.2, 0.25) is 0 Å². The summed E-state index contributed by atoms with van der Waals surface area (Å²) in [6, 6.07) is 21.7. The van der Waals surface area contributed by atoms with Gasteiger partial charge in [0.25, 0.3) is 0 Å². The van der Waals surface area contributed by atoms with Gasteiger partial charge in [0.05, 0.1) is 31.6 Å². The van der Waals surface area contributed by atoms with Crippen molar-refractivity contribution in [3.05, 3.63) is 95.3 Å². The number of nitrogens with one attached hydrogen (secondary N) is 2. The van der Waals surface area contributed by atoms with E-state index in [-0.39, 0.29) is 31.3 Å². The van der Waals surface area contributed by atoms with Gasteiger partial charge in [-0.1, -0.05) is 77.5 Å². The third-order valence-electron chi connectivity index (χ3n) is 5.71. The van der Waals surface area contributed by atoms with Crippen LogP contribution < -0.4 is 10.8 Å². The molecule has 0 aliphatic carbocycles. The topological polar surface area (TPSA) is 109 Å². The summed E-state index contributed by atoms with van der Waals surface area (Å²) >= 11 is 0. The highest BCUT2D eigenvalue weighted by atomic mass is 16.5. The van der Waals surface area contributed by atoms with Crippen molar-refractivity contribution in [2.45, 2.75) is 38.8 Å². The first kappa shape index (κ1) is 23.1. The van der Waals surface area contributed by atoms with E-state index in [9.17, 15) is 9.59 Å². The second kappa shape index (κ2) is 10.7. The van der Waals surface area contributed by atoms with Crippen molar-refractivity contribution >= 4 is 22.6 Å². The van der Waals surface area contributed by atoms with Gasteiger partial charge in [-0.2, -0.15) is 0 Å². The molecule has 0 aliphatic rings. The fourth-order valence-electron chi connectivity index (χ4n) is 3.87. The van der Waals surface area contributed by atoms with E-state index in [0.29, 0.717) is 12.1 Å². The predicted molar refractivity (Wildman–Crippen MR) is 128 cm³/mol. The van der Waals surface area contributed by atoms with Crippen LogP contribution >= 0.6 is 0 Å². The Morgan fingerprint density at radius 3 is 2.47 bits per heavy atom. The fourth-order valence-corrected chi connectivity index (χ4v) is 3.87. The molecule has 2 amide bonds. The molecule has 8 nitrogen and oxygen atoms in total. The van der Waals surface area contributed by atoms with Crippen molar-refractivity contribution in [2.24, 2.45) is 0 Å². The van der Waals surface area contributed by atoms with Gasteiger partial charge in [-0.15, -0.1) is 5.10 Å². The van der Waals surface area contributed by atoms with E-state index in [1.165, 1.54) is 0 Å². The monoisotopic (exact) mass is 457 g/mol. The van der Waals surface area contributed by atoms with Gasteiger partial charge >= 0.3 is 0 Å². The van der Waals surface area contributed by atoms with E-state index >= 15 is 0 Å². The highest BCUT2D eigenvalue weighted by Crippen LogP contribution is 2.22. The summed E-state index contributed by atoms with van der Waals surface area (Å²) in [5.41, 5.74) is 5.41. The Morgan fingerprint density at radius 1 is 0.971 bits per heavy atom. The largest absolute Gasteiger partial charge is 0.350 e.